The summed E-state index contributed by atoms with van der Waals surface area (Å²) < 4.78 is 15.1. The number of hydrogen-bond acceptors (Lipinski definition) is 4. The number of benzene rings is 1. The van der Waals surface area contributed by atoms with Gasteiger partial charge in [0.05, 0.1) is 17.4 Å². The van der Waals surface area contributed by atoms with Crippen LogP contribution in [0, 0.1) is 26.6 Å². The molecule has 1 aliphatic carbocycles. The Bertz CT molecular complexity index is 1080. The predicted octanol–water partition coefficient (Wildman–Crippen LogP) is 3.33. The van der Waals surface area contributed by atoms with Gasteiger partial charge in [0, 0.05) is 24.0 Å². The molecule has 1 fully saturated rings. The van der Waals surface area contributed by atoms with Gasteiger partial charge in [-0.3, -0.25) is 14.4 Å². The second-order valence-corrected chi connectivity index (χ2v) is 8.99. The Morgan fingerprint density at radius 1 is 1.16 bits per heavy atom. The van der Waals surface area contributed by atoms with Crippen molar-refractivity contribution in [3.8, 4) is 0 Å². The van der Waals surface area contributed by atoms with Crippen LogP contribution >= 0.6 is 0 Å². The van der Waals surface area contributed by atoms with Crippen LogP contribution in [0.3, 0.4) is 0 Å². The van der Waals surface area contributed by atoms with Gasteiger partial charge in [0.15, 0.2) is 0 Å². The first-order chi connectivity index (χ1) is 14.9. The van der Waals surface area contributed by atoms with Crippen molar-refractivity contribution in [2.75, 3.05) is 5.32 Å². The molecule has 7 nitrogen and oxygen atoms in total. The molecule has 1 aliphatic rings. The van der Waals surface area contributed by atoms with Crippen molar-refractivity contribution in [3.05, 3.63) is 52.1 Å². The standard InChI is InChI=1S/C24H30FN3O4/c1-13-12-16(6-7-18(13)25)26-22(31)19-14(2)20(28(5)15(19)3)21(30)23(32)27-24(4)10-8-17(29)9-11-24/h6-7,12,17,29H,8-11H2,1-5H3,(H,26,31)(H,27,32)/t17-,24+. The van der Waals surface area contributed by atoms with Crippen molar-refractivity contribution in [2.45, 2.75) is 65.0 Å². The summed E-state index contributed by atoms with van der Waals surface area (Å²) in [5.74, 6) is -2.24. The van der Waals surface area contributed by atoms with Crippen LogP contribution in [-0.2, 0) is 11.8 Å². The average molecular weight is 444 g/mol. The Morgan fingerprint density at radius 3 is 2.38 bits per heavy atom. The van der Waals surface area contributed by atoms with Crippen LogP contribution in [0.4, 0.5) is 10.1 Å². The fourth-order valence-electron chi connectivity index (χ4n) is 4.35. The number of carbonyl (C=O) groups excluding carboxylic acids is 3. The molecule has 0 atom stereocenters. The minimum atomic E-state index is -0.728. The zero-order valence-corrected chi connectivity index (χ0v) is 19.1. The average Bonchev–Trinajstić information content (AvgIpc) is 2.95. The highest BCUT2D eigenvalue weighted by Crippen LogP contribution is 2.29. The maximum Gasteiger partial charge on any atom is 0.294 e. The van der Waals surface area contributed by atoms with Gasteiger partial charge < -0.3 is 20.3 Å². The molecule has 0 bridgehead atoms. The zero-order chi connectivity index (χ0) is 23.8. The van der Waals surface area contributed by atoms with Gasteiger partial charge in [0.1, 0.15) is 5.82 Å². The quantitative estimate of drug-likeness (QED) is 0.487. The van der Waals surface area contributed by atoms with Crippen molar-refractivity contribution < 1.29 is 23.9 Å². The van der Waals surface area contributed by atoms with Gasteiger partial charge in [-0.2, -0.15) is 0 Å². The molecule has 8 heteroatoms. The SMILES string of the molecule is Cc1cc(NC(=O)c2c(C)c(C(=O)C(=O)N[C@]3(C)CC[C@H](O)CC3)n(C)c2C)ccc1F. The van der Waals surface area contributed by atoms with E-state index in [4.69, 9.17) is 0 Å². The Morgan fingerprint density at radius 2 is 1.78 bits per heavy atom. The van der Waals surface area contributed by atoms with E-state index in [-0.39, 0.29) is 17.6 Å². The first kappa shape index (κ1) is 23.7. The first-order valence-electron chi connectivity index (χ1n) is 10.7. The summed E-state index contributed by atoms with van der Waals surface area (Å²) in [7, 11) is 1.64. The molecule has 3 N–H and O–H groups in total. The zero-order valence-electron chi connectivity index (χ0n) is 19.1. The third kappa shape index (κ3) is 4.60. The van der Waals surface area contributed by atoms with Crippen LogP contribution in [0.25, 0.3) is 0 Å². The number of carbonyl (C=O) groups is 3. The Balaban J connectivity index is 1.83. The number of rotatable bonds is 5. The Hall–Kier alpha value is -3.00. The molecule has 0 radical (unpaired) electrons. The van der Waals surface area contributed by atoms with Crippen LogP contribution in [0.1, 0.15) is 70.3 Å². The first-order valence-corrected chi connectivity index (χ1v) is 10.7. The van der Waals surface area contributed by atoms with Crippen molar-refractivity contribution in [2.24, 2.45) is 7.05 Å². The second-order valence-electron chi connectivity index (χ2n) is 8.99. The Labute approximate surface area is 187 Å². The number of aliphatic hydroxyl groups is 1. The third-order valence-corrected chi connectivity index (χ3v) is 6.47. The van der Waals surface area contributed by atoms with Gasteiger partial charge in [-0.15, -0.1) is 0 Å². The van der Waals surface area contributed by atoms with Gasteiger partial charge in [-0.25, -0.2) is 4.39 Å². The predicted molar refractivity (Wildman–Crippen MR) is 119 cm³/mol. The number of aryl methyl sites for hydroxylation is 1. The minimum Gasteiger partial charge on any atom is -0.393 e. The molecule has 3 rings (SSSR count). The molecule has 1 saturated carbocycles. The van der Waals surface area contributed by atoms with Crippen LogP contribution in [0.15, 0.2) is 18.2 Å². The van der Waals surface area contributed by atoms with E-state index in [1.165, 1.54) is 18.2 Å². The summed E-state index contributed by atoms with van der Waals surface area (Å²) in [6.45, 7) is 6.82. The van der Waals surface area contributed by atoms with Crippen molar-refractivity contribution in [3.63, 3.8) is 0 Å². The number of anilines is 1. The van der Waals surface area contributed by atoms with E-state index >= 15 is 0 Å². The topological polar surface area (TPSA) is 100 Å². The monoisotopic (exact) mass is 443 g/mol. The Kier molecular flexibility index (Phi) is 6.55. The number of nitrogens with zero attached hydrogens (tertiary/aromatic N) is 1. The molecule has 32 heavy (non-hydrogen) atoms. The molecule has 0 saturated heterocycles. The summed E-state index contributed by atoms with van der Waals surface area (Å²) in [6.07, 6.45) is 1.94. The van der Waals surface area contributed by atoms with Gasteiger partial charge in [-0.1, -0.05) is 0 Å². The number of aliphatic hydroxyl groups excluding tert-OH is 1. The number of halogens is 1. The number of Topliss-reactive ketones (excluding diaryl/α,β-unsaturated/α-hetero) is 1. The summed E-state index contributed by atoms with van der Waals surface area (Å²) in [5.41, 5.74) is 1.70. The molecule has 2 amide bonds. The maximum atomic E-state index is 13.5. The van der Waals surface area contributed by atoms with E-state index in [1.807, 2.05) is 6.92 Å². The number of amides is 2. The van der Waals surface area contributed by atoms with Crippen LogP contribution in [-0.4, -0.2) is 38.9 Å². The van der Waals surface area contributed by atoms with E-state index in [2.05, 4.69) is 10.6 Å². The summed E-state index contributed by atoms with van der Waals surface area (Å²) in [4.78, 5) is 38.8. The van der Waals surface area contributed by atoms with Gasteiger partial charge in [0.25, 0.3) is 17.6 Å². The fraction of sp³-hybridized carbons (Fsp3) is 0.458. The molecular formula is C24H30FN3O4. The second kappa shape index (κ2) is 8.86. The fourth-order valence-corrected chi connectivity index (χ4v) is 4.35. The maximum absolute atomic E-state index is 13.5. The number of aromatic nitrogens is 1. The van der Waals surface area contributed by atoms with E-state index < -0.39 is 23.1 Å². The summed E-state index contributed by atoms with van der Waals surface area (Å²) >= 11 is 0. The highest BCUT2D eigenvalue weighted by Gasteiger charge is 2.35. The van der Waals surface area contributed by atoms with Crippen LogP contribution in [0.2, 0.25) is 0 Å². The highest BCUT2D eigenvalue weighted by molar-refractivity contribution is 6.43. The lowest BCUT2D eigenvalue weighted by atomic mass is 9.82. The molecule has 2 aromatic rings. The van der Waals surface area contributed by atoms with E-state index in [9.17, 15) is 23.9 Å². The molecule has 0 aliphatic heterocycles. The summed E-state index contributed by atoms with van der Waals surface area (Å²) in [6, 6.07) is 4.27. The molecule has 1 heterocycles. The highest BCUT2D eigenvalue weighted by atomic mass is 19.1. The lowest BCUT2D eigenvalue weighted by Gasteiger charge is -2.36. The van der Waals surface area contributed by atoms with Crippen molar-refractivity contribution in [1.29, 1.82) is 0 Å². The third-order valence-electron chi connectivity index (χ3n) is 6.47. The lowest BCUT2D eigenvalue weighted by molar-refractivity contribution is -0.119. The molecule has 1 aromatic heterocycles. The molecule has 1 aromatic carbocycles. The summed E-state index contributed by atoms with van der Waals surface area (Å²) in [5, 5.41) is 15.3. The van der Waals surface area contributed by atoms with E-state index in [0.717, 1.165) is 0 Å². The van der Waals surface area contributed by atoms with Crippen molar-refractivity contribution in [1.82, 2.24) is 9.88 Å². The number of nitrogens with one attached hydrogen (secondary N) is 2. The molecule has 0 unspecified atom stereocenters. The molecule has 0 spiro atoms. The normalized spacial score (nSPS) is 20.7. The van der Waals surface area contributed by atoms with Gasteiger partial charge >= 0.3 is 0 Å². The molecular weight excluding hydrogens is 413 g/mol. The largest absolute Gasteiger partial charge is 0.393 e. The number of ketones is 1. The van der Waals surface area contributed by atoms with E-state index in [1.54, 1.807) is 32.4 Å². The van der Waals surface area contributed by atoms with Crippen LogP contribution in [0.5, 0.6) is 0 Å². The smallest absolute Gasteiger partial charge is 0.294 e. The van der Waals surface area contributed by atoms with Gasteiger partial charge in [0.2, 0.25) is 0 Å². The minimum absolute atomic E-state index is 0.153. The van der Waals surface area contributed by atoms with Crippen LogP contribution < -0.4 is 10.6 Å². The molecule has 172 valence electrons. The van der Waals surface area contributed by atoms with Gasteiger partial charge in [-0.05, 0) is 82.7 Å². The lowest BCUT2D eigenvalue weighted by Crippen LogP contribution is -2.51. The van der Waals surface area contributed by atoms with Crippen molar-refractivity contribution >= 4 is 23.3 Å². The van der Waals surface area contributed by atoms with E-state index in [0.29, 0.717) is 53.8 Å². The number of hydrogen-bond donors (Lipinski definition) is 3.